The van der Waals surface area contributed by atoms with Gasteiger partial charge in [0.1, 0.15) is 6.54 Å². The van der Waals surface area contributed by atoms with Crippen molar-refractivity contribution >= 4 is 23.9 Å². The SMILES string of the molecule is COC(=O)NCC(=O)OCOC(=O)[C@H](O)CCNC(=O)c1cc(O)n(-c2ccccn2)n1. The summed E-state index contributed by atoms with van der Waals surface area (Å²) in [6.07, 6.45) is -1.14. The number of aromatic hydroxyl groups is 1. The van der Waals surface area contributed by atoms with Crippen molar-refractivity contribution in [3.63, 3.8) is 0 Å². The second kappa shape index (κ2) is 11.8. The maximum absolute atomic E-state index is 12.2. The second-order valence-electron chi connectivity index (χ2n) is 5.99. The molecule has 2 aromatic heterocycles. The molecular weight excluding hydrogens is 430 g/mol. The Kier molecular flexibility index (Phi) is 8.91. The summed E-state index contributed by atoms with van der Waals surface area (Å²) in [4.78, 5) is 49.9. The molecule has 2 aromatic rings. The number of rotatable bonds is 10. The lowest BCUT2D eigenvalue weighted by Crippen LogP contribution is -2.33. The van der Waals surface area contributed by atoms with Gasteiger partial charge >= 0.3 is 18.0 Å². The van der Waals surface area contributed by atoms with E-state index in [2.05, 4.69) is 34.9 Å². The van der Waals surface area contributed by atoms with Gasteiger partial charge in [0, 0.05) is 25.2 Å². The van der Waals surface area contributed by atoms with Gasteiger partial charge in [-0.05, 0) is 12.1 Å². The van der Waals surface area contributed by atoms with Crippen molar-refractivity contribution in [2.45, 2.75) is 12.5 Å². The zero-order valence-electron chi connectivity index (χ0n) is 16.9. The van der Waals surface area contributed by atoms with E-state index < -0.39 is 43.4 Å². The first-order chi connectivity index (χ1) is 15.3. The van der Waals surface area contributed by atoms with Gasteiger partial charge in [-0.15, -0.1) is 0 Å². The molecule has 2 heterocycles. The summed E-state index contributed by atoms with van der Waals surface area (Å²) in [5.41, 5.74) is -0.0994. The van der Waals surface area contributed by atoms with Crippen LogP contribution >= 0.6 is 0 Å². The van der Waals surface area contributed by atoms with Crippen LogP contribution in [0.5, 0.6) is 5.88 Å². The van der Waals surface area contributed by atoms with E-state index in [1.807, 2.05) is 0 Å². The smallest absolute Gasteiger partial charge is 0.407 e. The standard InChI is InChI=1S/C18H21N5O9/c1-30-18(29)21-9-15(26)31-10-32-17(28)12(24)5-7-20-16(27)11-8-14(25)23(22-11)13-4-2-3-6-19-13/h2-4,6,8,12,24-25H,5,7,9-10H2,1H3,(H,20,27)(H,21,29)/t12-/m1/s1. The minimum absolute atomic E-state index is 0.0994. The van der Waals surface area contributed by atoms with Crippen LogP contribution in [0.15, 0.2) is 30.5 Å². The third-order valence-corrected chi connectivity index (χ3v) is 3.75. The summed E-state index contributed by atoms with van der Waals surface area (Å²) in [6, 6.07) is 6.09. The fourth-order valence-electron chi connectivity index (χ4n) is 2.18. The first kappa shape index (κ1) is 24.1. The number of hydrogen-bond donors (Lipinski definition) is 4. The molecule has 0 fully saturated rings. The average molecular weight is 451 g/mol. The Morgan fingerprint density at radius 2 is 1.97 bits per heavy atom. The Morgan fingerprint density at radius 1 is 1.19 bits per heavy atom. The van der Waals surface area contributed by atoms with Gasteiger partial charge in [0.2, 0.25) is 12.7 Å². The van der Waals surface area contributed by atoms with Gasteiger partial charge in [0.15, 0.2) is 17.6 Å². The molecule has 0 aliphatic carbocycles. The first-order valence-corrected chi connectivity index (χ1v) is 9.12. The fourth-order valence-corrected chi connectivity index (χ4v) is 2.18. The number of nitrogens with one attached hydrogen (secondary N) is 2. The molecule has 32 heavy (non-hydrogen) atoms. The van der Waals surface area contributed by atoms with Crippen LogP contribution in [0.3, 0.4) is 0 Å². The van der Waals surface area contributed by atoms with E-state index in [1.165, 1.54) is 6.20 Å². The molecule has 0 bridgehead atoms. The van der Waals surface area contributed by atoms with Crippen LogP contribution in [0, 0.1) is 0 Å². The molecule has 0 aliphatic rings. The molecule has 1 atom stereocenters. The highest BCUT2D eigenvalue weighted by Gasteiger charge is 2.19. The summed E-state index contributed by atoms with van der Waals surface area (Å²) in [7, 11) is 1.12. The fraction of sp³-hybridized carbons (Fsp3) is 0.333. The normalized spacial score (nSPS) is 11.2. The number of nitrogens with zero attached hydrogens (tertiary/aromatic N) is 3. The van der Waals surface area contributed by atoms with E-state index in [0.717, 1.165) is 17.9 Å². The van der Waals surface area contributed by atoms with Crippen molar-refractivity contribution in [1.29, 1.82) is 0 Å². The molecule has 2 rings (SSSR count). The van der Waals surface area contributed by atoms with E-state index in [-0.39, 0.29) is 24.5 Å². The van der Waals surface area contributed by atoms with Gasteiger partial charge in [-0.25, -0.2) is 14.6 Å². The Hall–Kier alpha value is -4.20. The topological polar surface area (TPSA) is 191 Å². The van der Waals surface area contributed by atoms with Crippen molar-refractivity contribution in [2.24, 2.45) is 0 Å². The lowest BCUT2D eigenvalue weighted by Gasteiger charge is -2.11. The van der Waals surface area contributed by atoms with Crippen LogP contribution in [-0.2, 0) is 23.8 Å². The minimum Gasteiger partial charge on any atom is -0.493 e. The third kappa shape index (κ3) is 7.24. The maximum atomic E-state index is 12.2. The molecule has 14 heteroatoms. The van der Waals surface area contributed by atoms with Gasteiger partial charge in [-0.3, -0.25) is 9.59 Å². The molecule has 0 saturated heterocycles. The number of carbonyl (C=O) groups excluding carboxylic acids is 4. The number of ether oxygens (including phenoxy) is 3. The Labute approximate surface area is 181 Å². The highest BCUT2D eigenvalue weighted by atomic mass is 16.7. The molecule has 0 unspecified atom stereocenters. The average Bonchev–Trinajstić information content (AvgIpc) is 3.19. The number of methoxy groups -OCH3 is 1. The molecule has 14 nitrogen and oxygen atoms in total. The van der Waals surface area contributed by atoms with Crippen LogP contribution < -0.4 is 10.6 Å². The molecule has 0 radical (unpaired) electrons. The predicted octanol–water partition coefficient (Wildman–Crippen LogP) is -1.15. The van der Waals surface area contributed by atoms with E-state index >= 15 is 0 Å². The van der Waals surface area contributed by atoms with Crippen LogP contribution in [0.25, 0.3) is 5.82 Å². The number of esters is 2. The summed E-state index contributed by atoms with van der Waals surface area (Å²) < 4.78 is 14.4. The Balaban J connectivity index is 1.70. The molecule has 4 N–H and O–H groups in total. The number of alkyl carbamates (subject to hydrolysis) is 1. The molecule has 0 saturated carbocycles. The number of aliphatic hydroxyl groups is 1. The molecule has 172 valence electrons. The van der Waals surface area contributed by atoms with E-state index in [1.54, 1.807) is 18.2 Å². The first-order valence-electron chi connectivity index (χ1n) is 9.12. The zero-order valence-corrected chi connectivity index (χ0v) is 16.9. The van der Waals surface area contributed by atoms with Gasteiger partial charge in [-0.2, -0.15) is 9.78 Å². The van der Waals surface area contributed by atoms with Gasteiger partial charge < -0.3 is 35.1 Å². The molecule has 0 aliphatic heterocycles. The van der Waals surface area contributed by atoms with Crippen molar-refractivity contribution in [3.05, 3.63) is 36.2 Å². The maximum Gasteiger partial charge on any atom is 0.407 e. The summed E-state index contributed by atoms with van der Waals surface area (Å²) in [5, 5.41) is 28.2. The van der Waals surface area contributed by atoms with Crippen molar-refractivity contribution in [1.82, 2.24) is 25.4 Å². The number of amides is 2. The second-order valence-corrected chi connectivity index (χ2v) is 5.99. The van der Waals surface area contributed by atoms with E-state index in [9.17, 15) is 29.4 Å². The predicted molar refractivity (Wildman–Crippen MR) is 103 cm³/mol. The van der Waals surface area contributed by atoms with Crippen molar-refractivity contribution < 1.29 is 43.6 Å². The minimum atomic E-state index is -1.60. The van der Waals surface area contributed by atoms with Crippen molar-refractivity contribution in [2.75, 3.05) is 27.0 Å². The highest BCUT2D eigenvalue weighted by Crippen LogP contribution is 2.16. The van der Waals surface area contributed by atoms with Gasteiger partial charge in [0.25, 0.3) is 5.91 Å². The summed E-state index contributed by atoms with van der Waals surface area (Å²) in [5.74, 6) is -2.61. The summed E-state index contributed by atoms with van der Waals surface area (Å²) >= 11 is 0. The number of hydrogen-bond acceptors (Lipinski definition) is 11. The Bertz CT molecular complexity index is 948. The van der Waals surface area contributed by atoms with Gasteiger partial charge in [-0.1, -0.05) is 6.07 Å². The quantitative estimate of drug-likeness (QED) is 0.252. The Morgan fingerprint density at radius 3 is 2.66 bits per heavy atom. The number of carbonyl (C=O) groups is 4. The lowest BCUT2D eigenvalue weighted by atomic mass is 10.2. The van der Waals surface area contributed by atoms with Crippen molar-refractivity contribution in [3.8, 4) is 11.7 Å². The monoisotopic (exact) mass is 451 g/mol. The summed E-state index contributed by atoms with van der Waals surface area (Å²) in [6.45, 7) is -1.38. The molecule has 2 amide bonds. The number of aromatic nitrogens is 3. The van der Waals surface area contributed by atoms with Gasteiger partial charge in [0.05, 0.1) is 7.11 Å². The van der Waals surface area contributed by atoms with Crippen LogP contribution in [0.4, 0.5) is 4.79 Å². The molecular formula is C18H21N5O9. The van der Waals surface area contributed by atoms with Crippen LogP contribution in [-0.4, -0.2) is 82.0 Å². The van der Waals surface area contributed by atoms with E-state index in [0.29, 0.717) is 5.82 Å². The highest BCUT2D eigenvalue weighted by molar-refractivity contribution is 5.92. The molecule has 0 aromatic carbocycles. The lowest BCUT2D eigenvalue weighted by molar-refractivity contribution is -0.173. The van der Waals surface area contributed by atoms with Crippen LogP contribution in [0.2, 0.25) is 0 Å². The third-order valence-electron chi connectivity index (χ3n) is 3.75. The molecule has 0 spiro atoms. The zero-order chi connectivity index (χ0) is 23.5. The van der Waals surface area contributed by atoms with Crippen LogP contribution in [0.1, 0.15) is 16.9 Å². The number of aliphatic hydroxyl groups excluding tert-OH is 1. The number of pyridine rings is 1. The van der Waals surface area contributed by atoms with E-state index in [4.69, 9.17) is 0 Å². The largest absolute Gasteiger partial charge is 0.493 e.